The predicted octanol–water partition coefficient (Wildman–Crippen LogP) is 1.27. The van der Waals surface area contributed by atoms with Gasteiger partial charge in [-0.25, -0.2) is 4.79 Å². The van der Waals surface area contributed by atoms with Crippen molar-refractivity contribution in [3.8, 4) is 0 Å². The highest BCUT2D eigenvalue weighted by atomic mass is 32.1. The number of furan rings is 1. The van der Waals surface area contributed by atoms with E-state index in [2.05, 4.69) is 10.9 Å². The molecule has 0 radical (unpaired) electrons. The number of carbonyl (C=O) groups excluding carboxylic acids is 3. The Balaban J connectivity index is 1.72. The van der Waals surface area contributed by atoms with Crippen LogP contribution in [-0.4, -0.2) is 24.4 Å². The fourth-order valence-corrected chi connectivity index (χ4v) is 2.14. The van der Waals surface area contributed by atoms with Gasteiger partial charge in [-0.05, 0) is 31.2 Å². The fourth-order valence-electron chi connectivity index (χ4n) is 1.38. The van der Waals surface area contributed by atoms with E-state index >= 15 is 0 Å². The Kier molecular flexibility index (Phi) is 4.72. The maximum absolute atomic E-state index is 11.6. The van der Waals surface area contributed by atoms with Crippen LogP contribution < -0.4 is 10.9 Å². The lowest BCUT2D eigenvalue weighted by Crippen LogP contribution is -2.43. The van der Waals surface area contributed by atoms with E-state index in [1.165, 1.54) is 23.7 Å². The molecule has 0 saturated carbocycles. The normalized spacial score (nSPS) is 9.95. The Morgan fingerprint density at radius 1 is 1.24 bits per heavy atom. The summed E-state index contributed by atoms with van der Waals surface area (Å²) in [5.41, 5.74) is 4.24. The maximum atomic E-state index is 11.6. The third-order valence-corrected chi connectivity index (χ3v) is 3.32. The molecule has 0 aliphatic rings. The van der Waals surface area contributed by atoms with Gasteiger partial charge < -0.3 is 9.15 Å². The van der Waals surface area contributed by atoms with Crippen LogP contribution in [0.3, 0.4) is 0 Å². The van der Waals surface area contributed by atoms with E-state index in [0.717, 1.165) is 4.88 Å². The van der Waals surface area contributed by atoms with Crippen molar-refractivity contribution < 1.29 is 23.5 Å². The molecular weight excluding hydrogens is 296 g/mol. The summed E-state index contributed by atoms with van der Waals surface area (Å²) in [6, 6.07) is 6.39. The number of carbonyl (C=O) groups is 3. The quantitative estimate of drug-likeness (QED) is 0.655. The molecule has 0 aromatic carbocycles. The van der Waals surface area contributed by atoms with Crippen molar-refractivity contribution in [2.75, 3.05) is 6.61 Å². The van der Waals surface area contributed by atoms with Crippen molar-refractivity contribution in [2.24, 2.45) is 0 Å². The van der Waals surface area contributed by atoms with Crippen LogP contribution in [0.15, 0.2) is 34.9 Å². The van der Waals surface area contributed by atoms with E-state index in [0.29, 0.717) is 4.88 Å². The molecule has 0 unspecified atom stereocenters. The van der Waals surface area contributed by atoms with E-state index in [1.54, 1.807) is 18.2 Å². The molecule has 0 aliphatic heterocycles. The lowest BCUT2D eigenvalue weighted by atomic mass is 10.4. The number of ether oxygens (including phenoxy) is 1. The highest BCUT2D eigenvalue weighted by Crippen LogP contribution is 2.15. The van der Waals surface area contributed by atoms with E-state index in [1.807, 2.05) is 6.92 Å². The first-order chi connectivity index (χ1) is 10.1. The van der Waals surface area contributed by atoms with Gasteiger partial charge in [0.1, 0.15) is 4.88 Å². The van der Waals surface area contributed by atoms with Crippen LogP contribution in [0.5, 0.6) is 0 Å². The number of hydrogen-bond donors (Lipinski definition) is 2. The zero-order chi connectivity index (χ0) is 15.2. The number of thiophene rings is 1. The molecule has 0 saturated heterocycles. The second kappa shape index (κ2) is 6.71. The van der Waals surface area contributed by atoms with Crippen LogP contribution in [0.25, 0.3) is 0 Å². The number of hydrazine groups is 1. The summed E-state index contributed by atoms with van der Waals surface area (Å²) >= 11 is 1.28. The van der Waals surface area contributed by atoms with Crippen molar-refractivity contribution in [1.29, 1.82) is 0 Å². The Hall–Kier alpha value is -2.61. The van der Waals surface area contributed by atoms with Gasteiger partial charge in [-0.1, -0.05) is 0 Å². The molecule has 7 nitrogen and oxygen atoms in total. The molecule has 2 aromatic heterocycles. The highest BCUT2D eigenvalue weighted by molar-refractivity contribution is 7.13. The van der Waals surface area contributed by atoms with Gasteiger partial charge >= 0.3 is 11.9 Å². The highest BCUT2D eigenvalue weighted by Gasteiger charge is 2.13. The first-order valence-corrected chi connectivity index (χ1v) is 6.74. The van der Waals surface area contributed by atoms with E-state index in [4.69, 9.17) is 9.15 Å². The Bertz CT molecular complexity index is 647. The summed E-state index contributed by atoms with van der Waals surface area (Å²) in [5, 5.41) is 0. The SMILES string of the molecule is Cc1ccc(C(=O)OCC(=O)NNC(=O)c2ccco2)s1. The van der Waals surface area contributed by atoms with Crippen molar-refractivity contribution in [3.05, 3.63) is 46.0 Å². The molecule has 21 heavy (non-hydrogen) atoms. The smallest absolute Gasteiger partial charge is 0.348 e. The van der Waals surface area contributed by atoms with Gasteiger partial charge in [0.2, 0.25) is 0 Å². The number of aryl methyl sites for hydroxylation is 1. The van der Waals surface area contributed by atoms with Crippen LogP contribution in [0, 0.1) is 6.92 Å². The largest absolute Gasteiger partial charge is 0.459 e. The lowest BCUT2D eigenvalue weighted by molar-refractivity contribution is -0.125. The molecule has 110 valence electrons. The molecule has 8 heteroatoms. The van der Waals surface area contributed by atoms with Crippen molar-refractivity contribution in [2.45, 2.75) is 6.92 Å². The Morgan fingerprint density at radius 3 is 2.67 bits per heavy atom. The first-order valence-electron chi connectivity index (χ1n) is 5.92. The molecule has 0 spiro atoms. The molecule has 2 N–H and O–H groups in total. The van der Waals surface area contributed by atoms with Gasteiger partial charge in [-0.2, -0.15) is 0 Å². The monoisotopic (exact) mass is 308 g/mol. The van der Waals surface area contributed by atoms with Crippen LogP contribution in [-0.2, 0) is 9.53 Å². The predicted molar refractivity (Wildman–Crippen MR) is 73.7 cm³/mol. The standard InChI is InChI=1S/C13H12N2O5S/c1-8-4-5-10(21-8)13(18)20-7-11(16)14-15-12(17)9-3-2-6-19-9/h2-6H,7H2,1H3,(H,14,16)(H,15,17). The lowest BCUT2D eigenvalue weighted by Gasteiger charge is -2.06. The minimum absolute atomic E-state index is 0.0568. The molecule has 2 rings (SSSR count). The second-order valence-corrected chi connectivity index (χ2v) is 5.25. The molecule has 2 heterocycles. The summed E-state index contributed by atoms with van der Waals surface area (Å²) in [6.07, 6.45) is 1.33. The third kappa shape index (κ3) is 4.18. The van der Waals surface area contributed by atoms with Gasteiger partial charge in [0.15, 0.2) is 12.4 Å². The number of amides is 2. The van der Waals surface area contributed by atoms with Gasteiger partial charge in [0.05, 0.1) is 6.26 Å². The van der Waals surface area contributed by atoms with Crippen LogP contribution >= 0.6 is 11.3 Å². The van der Waals surface area contributed by atoms with Crippen molar-refractivity contribution in [3.63, 3.8) is 0 Å². The number of nitrogens with one attached hydrogen (secondary N) is 2. The summed E-state index contributed by atoms with van der Waals surface area (Å²) in [4.78, 5) is 35.9. The average molecular weight is 308 g/mol. The van der Waals surface area contributed by atoms with Crippen molar-refractivity contribution in [1.82, 2.24) is 10.9 Å². The molecule has 2 aromatic rings. The average Bonchev–Trinajstić information content (AvgIpc) is 3.13. The van der Waals surface area contributed by atoms with E-state index < -0.39 is 24.4 Å². The summed E-state index contributed by atoms with van der Waals surface area (Å²) in [6.45, 7) is 1.37. The molecule has 0 atom stereocenters. The zero-order valence-electron chi connectivity index (χ0n) is 11.0. The molecule has 2 amide bonds. The van der Waals surface area contributed by atoms with Crippen molar-refractivity contribution >= 4 is 29.1 Å². The third-order valence-electron chi connectivity index (χ3n) is 2.34. The summed E-state index contributed by atoms with van der Waals surface area (Å²) in [7, 11) is 0. The first kappa shape index (κ1) is 14.8. The second-order valence-electron chi connectivity index (χ2n) is 3.97. The molecular formula is C13H12N2O5S. The number of hydrogen-bond acceptors (Lipinski definition) is 6. The molecule has 0 aliphatic carbocycles. The zero-order valence-corrected chi connectivity index (χ0v) is 11.9. The van der Waals surface area contributed by atoms with Gasteiger partial charge in [0, 0.05) is 4.88 Å². The topological polar surface area (TPSA) is 97.6 Å². The van der Waals surface area contributed by atoms with Crippen LogP contribution in [0.2, 0.25) is 0 Å². The van der Waals surface area contributed by atoms with Gasteiger partial charge in [-0.3, -0.25) is 20.4 Å². The molecule has 0 fully saturated rings. The molecule has 0 bridgehead atoms. The van der Waals surface area contributed by atoms with Gasteiger partial charge in [0.25, 0.3) is 5.91 Å². The van der Waals surface area contributed by atoms with Crippen LogP contribution in [0.4, 0.5) is 0 Å². The fraction of sp³-hybridized carbons (Fsp3) is 0.154. The minimum Gasteiger partial charge on any atom is -0.459 e. The maximum Gasteiger partial charge on any atom is 0.348 e. The van der Waals surface area contributed by atoms with Gasteiger partial charge in [-0.15, -0.1) is 11.3 Å². The Labute approximate surface area is 123 Å². The van der Waals surface area contributed by atoms with E-state index in [9.17, 15) is 14.4 Å². The van der Waals surface area contributed by atoms with E-state index in [-0.39, 0.29) is 5.76 Å². The minimum atomic E-state index is -0.656. The van der Waals surface area contributed by atoms with Crippen LogP contribution in [0.1, 0.15) is 25.1 Å². The summed E-state index contributed by atoms with van der Waals surface area (Å²) in [5.74, 6) is -1.79. The Morgan fingerprint density at radius 2 is 2.05 bits per heavy atom. The number of esters is 1. The number of rotatable bonds is 4. The summed E-state index contributed by atoms with van der Waals surface area (Å²) < 4.78 is 9.65.